The molecule has 2 N–H and O–H groups in total. The summed E-state index contributed by atoms with van der Waals surface area (Å²) in [6.07, 6.45) is -7.51. The standard InChI is InChI=1S/C22H33NO11S/c1-10-17(27)21(32-16(9-30-13(4)25)19(10)31-14(5)26)34-20-11(2)22(35-7-6-23)33-15(18(20)28)8-29-12(3)24/h10-11,15-22,27-28H,7-9H2,1-5H3/t10?,11-,15?,16?,17-,18+,19+,20?,21-,22-/m0/s1. The first-order valence-electron chi connectivity index (χ1n) is 11.2. The van der Waals surface area contributed by atoms with Crippen LogP contribution in [0.1, 0.15) is 34.6 Å². The number of carbonyl (C=O) groups is 3. The molecule has 0 aromatic heterocycles. The van der Waals surface area contributed by atoms with Crippen LogP contribution in [0.4, 0.5) is 0 Å². The van der Waals surface area contributed by atoms with Crippen molar-refractivity contribution < 1.29 is 53.0 Å². The van der Waals surface area contributed by atoms with E-state index in [9.17, 15) is 24.6 Å². The molecule has 0 aromatic carbocycles. The first-order chi connectivity index (χ1) is 16.5. The van der Waals surface area contributed by atoms with Crippen LogP contribution in [0.15, 0.2) is 0 Å². The Morgan fingerprint density at radius 2 is 1.49 bits per heavy atom. The van der Waals surface area contributed by atoms with Gasteiger partial charge in [-0.15, -0.1) is 11.8 Å². The lowest BCUT2D eigenvalue weighted by atomic mass is 9.89. The van der Waals surface area contributed by atoms with Crippen molar-refractivity contribution >= 4 is 29.7 Å². The van der Waals surface area contributed by atoms with Crippen molar-refractivity contribution in [1.29, 1.82) is 5.26 Å². The highest BCUT2D eigenvalue weighted by atomic mass is 32.2. The lowest BCUT2D eigenvalue weighted by Crippen LogP contribution is -2.61. The monoisotopic (exact) mass is 519 g/mol. The fourth-order valence-corrected chi connectivity index (χ4v) is 4.91. The highest BCUT2D eigenvalue weighted by molar-refractivity contribution is 7.99. The zero-order valence-corrected chi connectivity index (χ0v) is 21.1. The van der Waals surface area contributed by atoms with Crippen molar-refractivity contribution in [2.45, 2.75) is 83.0 Å². The molecule has 0 radical (unpaired) electrons. The van der Waals surface area contributed by atoms with Gasteiger partial charge in [-0.3, -0.25) is 14.4 Å². The predicted octanol–water partition coefficient (Wildman–Crippen LogP) is 0.130. The fraction of sp³-hybridized carbons (Fsp3) is 0.818. The van der Waals surface area contributed by atoms with Crippen molar-refractivity contribution in [1.82, 2.24) is 0 Å². The number of rotatable bonds is 9. The summed E-state index contributed by atoms with van der Waals surface area (Å²) >= 11 is 1.20. The van der Waals surface area contributed by atoms with Crippen molar-refractivity contribution in [3.05, 3.63) is 0 Å². The third-order valence-electron chi connectivity index (χ3n) is 5.79. The van der Waals surface area contributed by atoms with E-state index < -0.39 is 78.1 Å². The molecule has 0 spiro atoms. The number of aliphatic hydroxyl groups excluding tert-OH is 2. The summed E-state index contributed by atoms with van der Waals surface area (Å²) in [6.45, 7) is 6.57. The lowest BCUT2D eigenvalue weighted by Gasteiger charge is -2.47. The largest absolute Gasteiger partial charge is 0.463 e. The zero-order valence-electron chi connectivity index (χ0n) is 20.3. The summed E-state index contributed by atoms with van der Waals surface area (Å²) in [5, 5.41) is 30.8. The maximum atomic E-state index is 11.6. The number of ether oxygens (including phenoxy) is 6. The Kier molecular flexibility index (Phi) is 11.2. The van der Waals surface area contributed by atoms with Gasteiger partial charge in [0, 0.05) is 32.6 Å². The van der Waals surface area contributed by atoms with E-state index in [1.54, 1.807) is 13.8 Å². The first kappa shape index (κ1) is 29.3. The van der Waals surface area contributed by atoms with Crippen LogP contribution in [0.5, 0.6) is 0 Å². The van der Waals surface area contributed by atoms with Crippen LogP contribution in [0.2, 0.25) is 0 Å². The van der Waals surface area contributed by atoms with Crippen LogP contribution in [0, 0.1) is 23.2 Å². The number of carbonyl (C=O) groups excluding carboxylic acids is 3. The summed E-state index contributed by atoms with van der Waals surface area (Å²) in [7, 11) is 0. The van der Waals surface area contributed by atoms with E-state index in [-0.39, 0.29) is 19.0 Å². The predicted molar refractivity (Wildman–Crippen MR) is 119 cm³/mol. The van der Waals surface area contributed by atoms with Gasteiger partial charge in [-0.2, -0.15) is 5.26 Å². The van der Waals surface area contributed by atoms with Gasteiger partial charge < -0.3 is 38.6 Å². The van der Waals surface area contributed by atoms with Crippen LogP contribution in [-0.4, -0.2) is 95.4 Å². The molecule has 2 saturated heterocycles. The summed E-state index contributed by atoms with van der Waals surface area (Å²) in [6, 6.07) is 2.02. The van der Waals surface area contributed by atoms with Gasteiger partial charge in [0.05, 0.1) is 17.9 Å². The number of thioether (sulfide) groups is 1. The second kappa shape index (κ2) is 13.4. The Balaban J connectivity index is 2.24. The van der Waals surface area contributed by atoms with Crippen LogP contribution in [0.3, 0.4) is 0 Å². The molecule has 0 aromatic rings. The molecule has 198 valence electrons. The lowest BCUT2D eigenvalue weighted by molar-refractivity contribution is -0.325. The number of nitrogens with zero attached hydrogens (tertiary/aromatic N) is 1. The van der Waals surface area contributed by atoms with Crippen LogP contribution < -0.4 is 0 Å². The second-order valence-electron chi connectivity index (χ2n) is 8.53. The fourth-order valence-electron chi connectivity index (χ4n) is 3.99. The smallest absolute Gasteiger partial charge is 0.303 e. The number of hydrogen-bond donors (Lipinski definition) is 2. The maximum Gasteiger partial charge on any atom is 0.303 e. The molecule has 0 saturated carbocycles. The minimum absolute atomic E-state index is 0.117. The Hall–Kier alpha value is -1.95. The van der Waals surface area contributed by atoms with Gasteiger partial charge in [-0.1, -0.05) is 13.8 Å². The van der Waals surface area contributed by atoms with Gasteiger partial charge in [0.15, 0.2) is 6.29 Å². The van der Waals surface area contributed by atoms with E-state index in [0.717, 1.165) is 0 Å². The normalized spacial score (nSPS) is 37.1. The molecule has 10 atom stereocenters. The van der Waals surface area contributed by atoms with Crippen molar-refractivity contribution in [2.75, 3.05) is 19.0 Å². The SMILES string of the molecule is CC(=O)OCC1O[C@@H](SCC#N)[C@@H](C)C(O[C@@H]2OC(COC(C)=O)[C@H](OC(C)=O)C(C)[C@@H]2O)[C@@H]1O. The van der Waals surface area contributed by atoms with Gasteiger partial charge in [-0.25, -0.2) is 0 Å². The van der Waals surface area contributed by atoms with E-state index in [1.165, 1.54) is 32.5 Å². The quantitative estimate of drug-likeness (QED) is 0.311. The minimum atomic E-state index is -1.27. The molecule has 35 heavy (non-hydrogen) atoms. The summed E-state index contributed by atoms with van der Waals surface area (Å²) in [5.41, 5.74) is -0.576. The van der Waals surface area contributed by atoms with Gasteiger partial charge in [0.2, 0.25) is 0 Å². The Morgan fingerprint density at radius 3 is 2.03 bits per heavy atom. The Bertz CT molecular complexity index is 790. The number of esters is 3. The number of aliphatic hydroxyl groups is 2. The molecule has 2 heterocycles. The van der Waals surface area contributed by atoms with E-state index in [0.29, 0.717) is 0 Å². The summed E-state index contributed by atoms with van der Waals surface area (Å²) in [5.74, 6) is -2.71. The van der Waals surface area contributed by atoms with E-state index in [4.69, 9.17) is 33.7 Å². The first-order valence-corrected chi connectivity index (χ1v) is 12.3. The molecule has 2 rings (SSSR count). The maximum absolute atomic E-state index is 11.6. The number of nitriles is 1. The van der Waals surface area contributed by atoms with E-state index >= 15 is 0 Å². The Labute approximate surface area is 208 Å². The molecule has 0 bridgehead atoms. The van der Waals surface area contributed by atoms with E-state index in [1.807, 2.05) is 6.07 Å². The average Bonchev–Trinajstić information content (AvgIpc) is 2.78. The molecular formula is C22H33NO11S. The molecule has 0 amide bonds. The minimum Gasteiger partial charge on any atom is -0.463 e. The average molecular weight is 520 g/mol. The molecule has 2 aliphatic rings. The van der Waals surface area contributed by atoms with Crippen molar-refractivity contribution in [3.63, 3.8) is 0 Å². The second-order valence-corrected chi connectivity index (χ2v) is 9.62. The van der Waals surface area contributed by atoms with Gasteiger partial charge in [-0.05, 0) is 0 Å². The third-order valence-corrected chi connectivity index (χ3v) is 6.96. The highest BCUT2D eigenvalue weighted by Gasteiger charge is 2.50. The highest BCUT2D eigenvalue weighted by Crippen LogP contribution is 2.37. The van der Waals surface area contributed by atoms with Gasteiger partial charge >= 0.3 is 17.9 Å². The molecular weight excluding hydrogens is 486 g/mol. The van der Waals surface area contributed by atoms with Crippen LogP contribution in [-0.2, 0) is 42.8 Å². The molecule has 13 heteroatoms. The van der Waals surface area contributed by atoms with Gasteiger partial charge in [0.1, 0.15) is 49.2 Å². The van der Waals surface area contributed by atoms with Crippen molar-refractivity contribution in [2.24, 2.45) is 11.8 Å². The summed E-state index contributed by atoms with van der Waals surface area (Å²) in [4.78, 5) is 34.2. The zero-order chi connectivity index (χ0) is 26.3. The van der Waals surface area contributed by atoms with Crippen LogP contribution in [0.25, 0.3) is 0 Å². The third kappa shape index (κ3) is 8.03. The number of hydrogen-bond acceptors (Lipinski definition) is 13. The van der Waals surface area contributed by atoms with Crippen LogP contribution >= 0.6 is 11.8 Å². The molecule has 4 unspecified atom stereocenters. The molecule has 12 nitrogen and oxygen atoms in total. The van der Waals surface area contributed by atoms with Crippen molar-refractivity contribution in [3.8, 4) is 6.07 Å². The Morgan fingerprint density at radius 1 is 0.886 bits per heavy atom. The molecule has 2 fully saturated rings. The van der Waals surface area contributed by atoms with Gasteiger partial charge in [0.25, 0.3) is 0 Å². The topological polar surface area (TPSA) is 171 Å². The summed E-state index contributed by atoms with van der Waals surface area (Å²) < 4.78 is 33.1. The molecule has 0 aliphatic carbocycles. The van der Waals surface area contributed by atoms with E-state index in [2.05, 4.69) is 0 Å². The molecule has 2 aliphatic heterocycles.